The van der Waals surface area contributed by atoms with E-state index in [1.807, 2.05) is 16.7 Å². The van der Waals surface area contributed by atoms with Crippen molar-refractivity contribution in [3.05, 3.63) is 11.6 Å². The van der Waals surface area contributed by atoms with Crippen LogP contribution in [-0.4, -0.2) is 386 Å². The summed E-state index contributed by atoms with van der Waals surface area (Å²) in [6.07, 6.45) is 25.7. The van der Waals surface area contributed by atoms with Gasteiger partial charge in [-0.2, -0.15) is 0 Å². The van der Waals surface area contributed by atoms with Gasteiger partial charge in [0.1, 0.15) is 0 Å². The van der Waals surface area contributed by atoms with Crippen molar-refractivity contribution >= 4 is 31.9 Å². The molecule has 1 saturated carbocycles. The fourth-order valence-electron chi connectivity index (χ4n) is 15.8. The molecule has 26 heteroatoms. The Morgan fingerprint density at radius 2 is 0.764 bits per heavy atom. The zero-order valence-corrected chi connectivity index (χ0v) is 86.7. The summed E-state index contributed by atoms with van der Waals surface area (Å²) in [5, 5.41) is 27.2. The van der Waals surface area contributed by atoms with Crippen LogP contribution < -0.4 is 16.0 Å². The lowest BCUT2D eigenvalue weighted by atomic mass is 9.83. The number of rotatable bonds is 7. The Kier molecular flexibility index (Phi) is 65.0. The second kappa shape index (κ2) is 67.2. The van der Waals surface area contributed by atoms with Crippen LogP contribution in [0.25, 0.3) is 0 Å². The molecule has 2 amide bonds. The van der Waals surface area contributed by atoms with Crippen molar-refractivity contribution in [3.63, 3.8) is 0 Å². The van der Waals surface area contributed by atoms with Crippen LogP contribution in [0.2, 0.25) is 0 Å². The number of amides is 2. The molecule has 732 valence electrons. The number of ether oxygens (including phenoxy) is 1. The van der Waals surface area contributed by atoms with E-state index in [0.717, 1.165) is 126 Å². The van der Waals surface area contributed by atoms with Crippen molar-refractivity contribution in [1.29, 1.82) is 0 Å². The number of carbonyl (C=O) groups excluding carboxylic acids is 2. The van der Waals surface area contributed by atoms with E-state index in [1.54, 1.807) is 18.2 Å². The molecular formula is C97H203N15O9S2. The molecule has 0 aromatic carbocycles. The highest BCUT2D eigenvalue weighted by Crippen LogP contribution is 2.30. The van der Waals surface area contributed by atoms with Gasteiger partial charge in [-0.3, -0.25) is 9.59 Å². The molecule has 5 N–H and O–H groups in total. The van der Waals surface area contributed by atoms with Gasteiger partial charge in [-0.15, -0.1) is 0 Å². The number of likely N-dealkylation sites (tertiary alicyclic amines) is 6. The molecule has 14 fully saturated rings. The smallest absolute Gasteiger partial charge is 0.219 e. The summed E-state index contributed by atoms with van der Waals surface area (Å²) in [4.78, 5) is 44.3. The topological polar surface area (TPSA) is 227 Å². The summed E-state index contributed by atoms with van der Waals surface area (Å²) in [6, 6.07) is 0. The average molecular weight is 1790 g/mol. The third-order valence-corrected chi connectivity index (χ3v) is 29.3. The Morgan fingerprint density at radius 3 is 1.03 bits per heavy atom. The molecule has 0 aromatic heterocycles. The first-order valence-corrected chi connectivity index (χ1v) is 53.2. The van der Waals surface area contributed by atoms with E-state index in [2.05, 4.69) is 207 Å². The molecular weight excluding hydrogens is 1580 g/mol. The Labute approximate surface area is 760 Å². The molecule has 0 unspecified atom stereocenters. The number of piperidine rings is 5. The number of likely N-dealkylation sites (N-methyl/N-ethyl adjacent to an activating group) is 4. The number of aliphatic hydroxyl groups excluding tert-OH is 2. The van der Waals surface area contributed by atoms with Crippen LogP contribution in [0.1, 0.15) is 248 Å². The maximum atomic E-state index is 11.0. The van der Waals surface area contributed by atoms with Gasteiger partial charge in [-0.25, -0.2) is 25.4 Å². The molecule has 0 radical (unpaired) electrons. The molecule has 14 heterocycles. The Hall–Kier alpha value is -2.06. The first-order valence-electron chi connectivity index (χ1n) is 49.5. The van der Waals surface area contributed by atoms with E-state index in [1.165, 1.54) is 263 Å². The molecule has 0 atom stereocenters. The number of β-amino-alcohol motifs (C(OH)–C–C–N with tert-alkyl or cyclic N) is 1. The van der Waals surface area contributed by atoms with Crippen LogP contribution in [-0.2, 0) is 34.4 Å². The van der Waals surface area contributed by atoms with Crippen LogP contribution in [0.4, 0.5) is 0 Å². The normalized spacial score (nSPS) is 25.3. The zero-order chi connectivity index (χ0) is 92.7. The monoisotopic (exact) mass is 1790 g/mol. The van der Waals surface area contributed by atoms with Gasteiger partial charge in [0, 0.05) is 171 Å². The molecule has 24 nitrogen and oxygen atoms in total. The molecule has 0 aromatic rings. The lowest BCUT2D eigenvalue weighted by molar-refractivity contribution is -0.134. The molecule has 15 aliphatic rings. The van der Waals surface area contributed by atoms with Gasteiger partial charge in [-0.1, -0.05) is 129 Å². The predicted molar refractivity (Wildman–Crippen MR) is 524 cm³/mol. The molecule has 13 saturated heterocycles. The van der Waals surface area contributed by atoms with Crippen molar-refractivity contribution in [2.45, 2.75) is 254 Å². The number of sulfonamides is 2. The van der Waals surface area contributed by atoms with Crippen molar-refractivity contribution < 1.29 is 41.4 Å². The highest BCUT2D eigenvalue weighted by Gasteiger charge is 2.31. The van der Waals surface area contributed by atoms with Gasteiger partial charge in [0.25, 0.3) is 0 Å². The van der Waals surface area contributed by atoms with E-state index >= 15 is 0 Å². The Morgan fingerprint density at radius 1 is 0.407 bits per heavy atom. The summed E-state index contributed by atoms with van der Waals surface area (Å²) in [7, 11) is 2.95. The van der Waals surface area contributed by atoms with Gasteiger partial charge in [0.15, 0.2) is 0 Å². The minimum atomic E-state index is -2.92. The number of nitrogens with zero attached hydrogens (tertiary/aromatic N) is 12. The fourth-order valence-corrected chi connectivity index (χ4v) is 17.7. The second-order valence-corrected chi connectivity index (χ2v) is 45.6. The highest BCUT2D eigenvalue weighted by atomic mass is 32.2. The molecule has 15 rings (SSSR count). The van der Waals surface area contributed by atoms with E-state index in [4.69, 9.17) is 14.9 Å². The minimum absolute atomic E-state index is 0.0196. The van der Waals surface area contributed by atoms with Crippen LogP contribution in [0.5, 0.6) is 0 Å². The third-order valence-electron chi connectivity index (χ3n) is 26.8. The summed E-state index contributed by atoms with van der Waals surface area (Å²) >= 11 is 0. The van der Waals surface area contributed by atoms with Crippen molar-refractivity contribution in [2.75, 3.05) is 283 Å². The van der Waals surface area contributed by atoms with Gasteiger partial charge in [-0.05, 0) is 293 Å². The summed E-state index contributed by atoms with van der Waals surface area (Å²) < 4.78 is 51.6. The largest absolute Gasteiger partial charge is 0.395 e. The van der Waals surface area contributed by atoms with Crippen molar-refractivity contribution in [2.24, 2.45) is 70.0 Å². The van der Waals surface area contributed by atoms with Gasteiger partial charge in [0.2, 0.25) is 31.9 Å². The number of piperazine rings is 2. The van der Waals surface area contributed by atoms with Crippen molar-refractivity contribution in [3.8, 4) is 0 Å². The van der Waals surface area contributed by atoms with Crippen LogP contribution in [0.15, 0.2) is 11.6 Å². The molecule has 123 heavy (non-hydrogen) atoms. The molecule has 0 spiro atoms. The number of hydrogen-bond donors (Lipinski definition) is 5. The van der Waals surface area contributed by atoms with Crippen LogP contribution in [0, 0.1) is 70.0 Å². The number of carbonyl (C=O) groups is 2. The van der Waals surface area contributed by atoms with E-state index < -0.39 is 20.0 Å². The molecule has 1 aliphatic carbocycles. The molecule has 14 aliphatic heterocycles. The third kappa shape index (κ3) is 62.8. The van der Waals surface area contributed by atoms with Gasteiger partial charge in [0.05, 0.1) is 25.2 Å². The Bertz CT molecular complexity index is 2730. The average Bonchev–Trinajstić information content (AvgIpc) is 0.829. The van der Waals surface area contributed by atoms with Gasteiger partial charge < -0.3 is 79.9 Å². The van der Waals surface area contributed by atoms with Crippen molar-refractivity contribution in [1.82, 2.24) is 73.6 Å². The van der Waals surface area contributed by atoms with E-state index in [-0.39, 0.29) is 17.9 Å². The molecule has 0 bridgehead atoms. The number of aliphatic hydroxyl groups is 2. The lowest BCUT2D eigenvalue weighted by Crippen LogP contribution is -2.47. The number of nitrogens with one attached hydrogen (secondary N) is 3. The highest BCUT2D eigenvalue weighted by molar-refractivity contribution is 7.88. The van der Waals surface area contributed by atoms with Crippen LogP contribution >= 0.6 is 0 Å². The maximum Gasteiger partial charge on any atom is 0.219 e. The maximum absolute atomic E-state index is 11.0. The van der Waals surface area contributed by atoms with Gasteiger partial charge >= 0.3 is 0 Å². The number of hydrogen-bond acceptors (Lipinski definition) is 20. The quantitative estimate of drug-likeness (QED) is 0.149. The van der Waals surface area contributed by atoms with E-state index in [0.29, 0.717) is 55.5 Å². The first-order chi connectivity index (χ1) is 57.8. The first kappa shape index (κ1) is 119. The SMILES string of the molecule is CC(=O)N1CC(C)C1.CC(=O)N1CCC(C)CC1.CC1(C)CCNCC1.CC1=CCNCC1.CC1CCC(O)CC1.CC1CCN(C)CC1.CC1CCN(S(C)(=O)=O)CC1.CC1CCOCC1.CC1CN(CCO)C1.CC1CN(S(C)(=O)=O)C1.CC1CNC1.CCN1CC(C)C1.CCN1CCC(C)(C)CC1.CCN1CCN(C)CC1.CN1CCN(C)CC1. The van der Waals surface area contributed by atoms with Crippen LogP contribution in [0.3, 0.4) is 0 Å². The summed E-state index contributed by atoms with van der Waals surface area (Å²) in [6.45, 7) is 84.7. The van der Waals surface area contributed by atoms with E-state index in [9.17, 15) is 26.4 Å². The zero-order valence-electron chi connectivity index (χ0n) is 85.0. The predicted octanol–water partition coefficient (Wildman–Crippen LogP) is 12.3. The summed E-state index contributed by atoms with van der Waals surface area (Å²) in [5.74, 6) is 8.77. The fraction of sp³-hybridized carbons (Fsp3) is 0.959. The lowest BCUT2D eigenvalue weighted by Gasteiger charge is -2.36. The minimum Gasteiger partial charge on any atom is -0.395 e. The second-order valence-electron chi connectivity index (χ2n) is 41.6. The Balaban J connectivity index is 0.000000660. The summed E-state index contributed by atoms with van der Waals surface area (Å²) in [5.41, 5.74) is 2.76. The standard InChI is InChI=1S/C9H19N.C8H15NO.C7H16N2.C7H15NO2S.2C7H15N.C7H14O.C6H14N2.C6H11NO.C6H13NO.C6H11N.C6H13N.C6H12O.C5H11NO2S.C4H9N/c1-4-10-7-5-9(2,3)6-8-10;1-7-3-5-9(6-4-7)8(2)10;1-3-9-6-4-8(2)5-7-9;1-7-3-5-8(6-4-7)11(2,9)10;1-7-3-5-8(2)6-4-7;1-7(2)3-5-8-6-4-7;1-6-2-4-7(8)5-3-6;1-7-3-5-8(2)6-4-7;1-5-3-7(4-5)6(2)8;1-6-4-7(5-6)2-3-8;1-6-2-4-7-5-3-6;1-3-7-4-6(2)5-7;1-6-2-4-7-5-3-6;1-5-3-6(4-5)9(2,7)8;1-4-2-5-3-4/h4-8H2,1-3H3;7H,3-6H2,1-2H3;3-7H2,1-2H3;7H,3-6H2,1-2H3;7H,3-6H2,1-2H3;8H,3-6H2,1-2H3;6-8H,2-5H2,1H3;3-6H2,1-2H3;5H,3-4H2,1-2H3;6,8H,2-5H2,1H3;2,7H,3-5H2,1H3;6H,3-5H2,1-2H3;6H,2-5H2,1H3;5H,3-4H2,1-2H3;4-5H,2-3H2,1H3.